The van der Waals surface area contributed by atoms with Crippen molar-refractivity contribution < 1.29 is 13.6 Å². The molecule has 140 valence electrons. The molecule has 2 aromatic heterocycles. The number of piperazine rings is 1. The van der Waals surface area contributed by atoms with E-state index in [1.54, 1.807) is 41.6 Å². The maximum Gasteiger partial charge on any atom is 0.254 e. The zero-order valence-corrected chi connectivity index (χ0v) is 15.8. The second-order valence-electron chi connectivity index (χ2n) is 6.65. The fourth-order valence-corrected chi connectivity index (χ4v) is 3.92. The monoisotopic (exact) mass is 385 g/mol. The van der Waals surface area contributed by atoms with Crippen LogP contribution < -0.4 is 0 Å². The highest BCUT2D eigenvalue weighted by Gasteiger charge is 2.23. The second-order valence-corrected chi connectivity index (χ2v) is 7.51. The standard InChI is InChI=1S/C20H20FN3O2S/c1-14-4-5-15(11-17(14)21)20(25)24-8-6-23(7-9-24)12-16-13-27-19(22-16)18-3-2-10-26-18/h2-5,10-11,13H,6-9,12H2,1H3. The first-order valence-corrected chi connectivity index (χ1v) is 9.74. The van der Waals surface area contributed by atoms with Crippen molar-refractivity contribution in [2.24, 2.45) is 0 Å². The van der Waals surface area contributed by atoms with E-state index < -0.39 is 0 Å². The van der Waals surface area contributed by atoms with E-state index >= 15 is 0 Å². The molecular formula is C20H20FN3O2S. The first-order chi connectivity index (χ1) is 13.1. The zero-order chi connectivity index (χ0) is 18.8. The Labute approximate surface area is 161 Å². The molecule has 0 atom stereocenters. The van der Waals surface area contributed by atoms with Crippen molar-refractivity contribution in [1.29, 1.82) is 0 Å². The number of furan rings is 1. The smallest absolute Gasteiger partial charge is 0.254 e. The minimum Gasteiger partial charge on any atom is -0.462 e. The van der Waals surface area contributed by atoms with Crippen molar-refractivity contribution in [2.45, 2.75) is 13.5 Å². The highest BCUT2D eigenvalue weighted by molar-refractivity contribution is 7.13. The molecule has 1 fully saturated rings. The number of rotatable bonds is 4. The van der Waals surface area contributed by atoms with Crippen LogP contribution in [0.5, 0.6) is 0 Å². The van der Waals surface area contributed by atoms with Crippen LogP contribution in [0.25, 0.3) is 10.8 Å². The highest BCUT2D eigenvalue weighted by atomic mass is 32.1. The van der Waals surface area contributed by atoms with Crippen LogP contribution in [0.15, 0.2) is 46.4 Å². The first kappa shape index (κ1) is 17.9. The average molecular weight is 385 g/mol. The van der Waals surface area contributed by atoms with Gasteiger partial charge < -0.3 is 9.32 Å². The van der Waals surface area contributed by atoms with Crippen molar-refractivity contribution in [3.05, 3.63) is 64.6 Å². The lowest BCUT2D eigenvalue weighted by Gasteiger charge is -2.34. The van der Waals surface area contributed by atoms with Gasteiger partial charge in [0.2, 0.25) is 0 Å². The number of halogens is 1. The summed E-state index contributed by atoms with van der Waals surface area (Å²) >= 11 is 1.57. The van der Waals surface area contributed by atoms with Gasteiger partial charge in [0.25, 0.3) is 5.91 Å². The van der Waals surface area contributed by atoms with E-state index in [0.717, 1.165) is 36.1 Å². The molecule has 3 heterocycles. The Kier molecular flexibility index (Phi) is 5.05. The van der Waals surface area contributed by atoms with E-state index in [1.165, 1.54) is 6.07 Å². The third kappa shape index (κ3) is 3.94. The molecule has 0 N–H and O–H groups in total. The van der Waals surface area contributed by atoms with Gasteiger partial charge in [0, 0.05) is 43.7 Å². The molecule has 7 heteroatoms. The number of hydrogen-bond acceptors (Lipinski definition) is 5. The molecule has 3 aromatic rings. The number of thiazole rings is 1. The van der Waals surface area contributed by atoms with Gasteiger partial charge in [0.05, 0.1) is 12.0 Å². The molecule has 0 radical (unpaired) electrons. The lowest BCUT2D eigenvalue weighted by Crippen LogP contribution is -2.48. The molecule has 0 aliphatic carbocycles. The molecule has 0 saturated carbocycles. The van der Waals surface area contributed by atoms with Gasteiger partial charge in [-0.25, -0.2) is 9.37 Å². The molecule has 1 aliphatic heterocycles. The fourth-order valence-electron chi connectivity index (χ4n) is 3.14. The summed E-state index contributed by atoms with van der Waals surface area (Å²) in [5.41, 5.74) is 1.97. The summed E-state index contributed by atoms with van der Waals surface area (Å²) in [5.74, 6) is 0.338. The van der Waals surface area contributed by atoms with E-state index in [1.807, 2.05) is 17.5 Å². The van der Waals surface area contributed by atoms with E-state index in [4.69, 9.17) is 4.42 Å². The summed E-state index contributed by atoms with van der Waals surface area (Å²) < 4.78 is 19.1. The summed E-state index contributed by atoms with van der Waals surface area (Å²) in [4.78, 5) is 21.3. The normalized spacial score (nSPS) is 15.3. The Balaban J connectivity index is 1.33. The van der Waals surface area contributed by atoms with Crippen LogP contribution in [-0.2, 0) is 6.54 Å². The van der Waals surface area contributed by atoms with Crippen LogP contribution in [0.3, 0.4) is 0 Å². The number of amides is 1. The molecular weight excluding hydrogens is 365 g/mol. The Morgan fingerprint density at radius 2 is 2.07 bits per heavy atom. The van der Waals surface area contributed by atoms with Crippen LogP contribution in [0.4, 0.5) is 4.39 Å². The molecule has 1 aliphatic rings. The highest BCUT2D eigenvalue weighted by Crippen LogP contribution is 2.24. The molecule has 1 aromatic carbocycles. The summed E-state index contributed by atoms with van der Waals surface area (Å²) in [7, 11) is 0. The molecule has 4 rings (SSSR count). The van der Waals surface area contributed by atoms with Gasteiger partial charge in [-0.2, -0.15) is 0 Å². The number of aryl methyl sites for hydroxylation is 1. The Morgan fingerprint density at radius 1 is 1.26 bits per heavy atom. The molecule has 27 heavy (non-hydrogen) atoms. The second kappa shape index (κ2) is 7.62. The fraction of sp³-hybridized carbons (Fsp3) is 0.300. The Morgan fingerprint density at radius 3 is 2.78 bits per heavy atom. The quantitative estimate of drug-likeness (QED) is 0.685. The van der Waals surface area contributed by atoms with Gasteiger partial charge in [0.1, 0.15) is 5.82 Å². The molecule has 5 nitrogen and oxygen atoms in total. The van der Waals surface area contributed by atoms with Gasteiger partial charge >= 0.3 is 0 Å². The Bertz CT molecular complexity index is 931. The van der Waals surface area contributed by atoms with Gasteiger partial charge in [-0.05, 0) is 36.8 Å². The van der Waals surface area contributed by atoms with Crippen LogP contribution in [0.1, 0.15) is 21.6 Å². The zero-order valence-electron chi connectivity index (χ0n) is 15.0. The summed E-state index contributed by atoms with van der Waals surface area (Å²) in [6, 6.07) is 8.43. The van der Waals surface area contributed by atoms with E-state index in [2.05, 4.69) is 9.88 Å². The van der Waals surface area contributed by atoms with Crippen LogP contribution in [0, 0.1) is 12.7 Å². The van der Waals surface area contributed by atoms with Crippen molar-refractivity contribution >= 4 is 17.2 Å². The first-order valence-electron chi connectivity index (χ1n) is 8.86. The lowest BCUT2D eigenvalue weighted by molar-refractivity contribution is 0.0627. The number of nitrogens with zero attached hydrogens (tertiary/aromatic N) is 3. The minimum absolute atomic E-state index is 0.109. The van der Waals surface area contributed by atoms with Gasteiger partial charge in [-0.15, -0.1) is 11.3 Å². The largest absolute Gasteiger partial charge is 0.462 e. The molecule has 0 bridgehead atoms. The number of hydrogen-bond donors (Lipinski definition) is 0. The topological polar surface area (TPSA) is 49.6 Å². The van der Waals surface area contributed by atoms with Crippen molar-refractivity contribution in [3.63, 3.8) is 0 Å². The maximum atomic E-state index is 13.7. The molecule has 1 amide bonds. The Hall–Kier alpha value is -2.51. The lowest BCUT2D eigenvalue weighted by atomic mass is 10.1. The third-order valence-corrected chi connectivity index (χ3v) is 5.65. The SMILES string of the molecule is Cc1ccc(C(=O)N2CCN(Cc3csc(-c4ccco4)n3)CC2)cc1F. The number of aromatic nitrogens is 1. The predicted molar refractivity (Wildman–Crippen MR) is 102 cm³/mol. The number of carbonyl (C=O) groups excluding carboxylic acids is 1. The van der Waals surface area contributed by atoms with Gasteiger partial charge in [0.15, 0.2) is 10.8 Å². The van der Waals surface area contributed by atoms with Crippen molar-refractivity contribution in [3.8, 4) is 10.8 Å². The maximum absolute atomic E-state index is 13.7. The van der Waals surface area contributed by atoms with E-state index in [-0.39, 0.29) is 11.7 Å². The van der Waals surface area contributed by atoms with Gasteiger partial charge in [-0.1, -0.05) is 6.07 Å². The molecule has 0 spiro atoms. The predicted octanol–water partition coefficient (Wildman–Crippen LogP) is 3.81. The van der Waals surface area contributed by atoms with Crippen molar-refractivity contribution in [2.75, 3.05) is 26.2 Å². The van der Waals surface area contributed by atoms with E-state index in [0.29, 0.717) is 24.2 Å². The van der Waals surface area contributed by atoms with Crippen LogP contribution in [0.2, 0.25) is 0 Å². The average Bonchev–Trinajstić information content (AvgIpc) is 3.36. The van der Waals surface area contributed by atoms with Gasteiger partial charge in [-0.3, -0.25) is 9.69 Å². The van der Waals surface area contributed by atoms with Crippen LogP contribution in [-0.4, -0.2) is 46.9 Å². The minimum atomic E-state index is -0.338. The van der Waals surface area contributed by atoms with Crippen LogP contribution >= 0.6 is 11.3 Å². The number of carbonyl (C=O) groups is 1. The van der Waals surface area contributed by atoms with E-state index in [9.17, 15) is 9.18 Å². The summed E-state index contributed by atoms with van der Waals surface area (Å²) in [5, 5.41) is 2.93. The molecule has 0 unspecified atom stereocenters. The summed E-state index contributed by atoms with van der Waals surface area (Å²) in [6.07, 6.45) is 1.65. The van der Waals surface area contributed by atoms with Crippen molar-refractivity contribution in [1.82, 2.24) is 14.8 Å². The third-order valence-electron chi connectivity index (χ3n) is 4.75. The molecule has 1 saturated heterocycles. The number of benzene rings is 1. The summed E-state index contributed by atoms with van der Waals surface area (Å²) in [6.45, 7) is 5.24.